The van der Waals surface area contributed by atoms with Crippen molar-refractivity contribution in [3.8, 4) is 5.69 Å². The second-order valence-corrected chi connectivity index (χ2v) is 7.84. The summed E-state index contributed by atoms with van der Waals surface area (Å²) in [5, 5.41) is 7.26. The maximum Gasteiger partial charge on any atom is 0.228 e. The van der Waals surface area contributed by atoms with Crippen LogP contribution in [0.1, 0.15) is 32.7 Å². The summed E-state index contributed by atoms with van der Waals surface area (Å²) in [4.78, 5) is 29.3. The first-order valence-electron chi connectivity index (χ1n) is 10.4. The molecule has 0 saturated carbocycles. The van der Waals surface area contributed by atoms with Gasteiger partial charge in [0.15, 0.2) is 5.78 Å². The number of carbonyl (C=O) groups is 2. The summed E-state index contributed by atoms with van der Waals surface area (Å²) in [6, 6.07) is 18.8. The summed E-state index contributed by atoms with van der Waals surface area (Å²) >= 11 is 0. The number of ketones is 1. The first-order valence-corrected chi connectivity index (χ1v) is 10.4. The Hall–Kier alpha value is -4.06. The van der Waals surface area contributed by atoms with Gasteiger partial charge in [-0.2, -0.15) is 5.10 Å². The highest BCUT2D eigenvalue weighted by molar-refractivity contribution is 5.98. The van der Waals surface area contributed by atoms with E-state index in [9.17, 15) is 9.59 Å². The number of nitrogens with zero attached hydrogens (tertiary/aromatic N) is 3. The molecule has 1 N–H and O–H groups in total. The maximum atomic E-state index is 12.8. The lowest BCUT2D eigenvalue weighted by atomic mass is 10.0. The summed E-state index contributed by atoms with van der Waals surface area (Å²) in [5.41, 5.74) is 5.91. The molecule has 0 aliphatic heterocycles. The van der Waals surface area contributed by atoms with Gasteiger partial charge in [-0.05, 0) is 61.4 Å². The Morgan fingerprint density at radius 1 is 0.938 bits per heavy atom. The van der Waals surface area contributed by atoms with Gasteiger partial charge in [0.25, 0.3) is 0 Å². The van der Waals surface area contributed by atoms with E-state index in [-0.39, 0.29) is 18.1 Å². The molecule has 0 fully saturated rings. The fourth-order valence-corrected chi connectivity index (χ4v) is 3.44. The number of benzene rings is 2. The van der Waals surface area contributed by atoms with Gasteiger partial charge in [0, 0.05) is 35.8 Å². The summed E-state index contributed by atoms with van der Waals surface area (Å²) in [7, 11) is 0. The van der Waals surface area contributed by atoms with E-state index < -0.39 is 0 Å². The summed E-state index contributed by atoms with van der Waals surface area (Å²) in [6.45, 7) is 3.91. The largest absolute Gasteiger partial charge is 0.326 e. The monoisotopic (exact) mass is 424 g/mol. The van der Waals surface area contributed by atoms with Crippen molar-refractivity contribution in [1.29, 1.82) is 0 Å². The van der Waals surface area contributed by atoms with Gasteiger partial charge in [-0.1, -0.05) is 29.8 Å². The third-order valence-corrected chi connectivity index (χ3v) is 5.09. The van der Waals surface area contributed by atoms with Gasteiger partial charge in [0.05, 0.1) is 18.3 Å². The molecule has 6 nitrogen and oxygen atoms in total. The number of carbonyl (C=O) groups excluding carboxylic acids is 2. The smallest absolute Gasteiger partial charge is 0.228 e. The highest BCUT2D eigenvalue weighted by Gasteiger charge is 2.11. The van der Waals surface area contributed by atoms with Crippen LogP contribution in [0.15, 0.2) is 79.3 Å². The zero-order valence-corrected chi connectivity index (χ0v) is 18.1. The van der Waals surface area contributed by atoms with Crippen molar-refractivity contribution in [2.45, 2.75) is 26.7 Å². The first kappa shape index (κ1) is 21.2. The van der Waals surface area contributed by atoms with Crippen molar-refractivity contribution in [1.82, 2.24) is 14.8 Å². The highest BCUT2D eigenvalue weighted by atomic mass is 16.1. The van der Waals surface area contributed by atoms with Gasteiger partial charge in [0.1, 0.15) is 0 Å². The van der Waals surface area contributed by atoms with Crippen molar-refractivity contribution in [2.24, 2.45) is 0 Å². The molecule has 0 atom stereocenters. The summed E-state index contributed by atoms with van der Waals surface area (Å²) in [6.07, 6.45) is 5.73. The molecule has 0 aliphatic carbocycles. The summed E-state index contributed by atoms with van der Waals surface area (Å²) in [5.74, 6) is -0.0766. The predicted octanol–water partition coefficient (Wildman–Crippen LogP) is 4.49. The number of aryl methyl sites for hydroxylation is 2. The number of aromatic nitrogens is 3. The molecule has 0 spiro atoms. The maximum absolute atomic E-state index is 12.8. The number of anilines is 1. The lowest BCUT2D eigenvalue weighted by Gasteiger charge is -2.06. The van der Waals surface area contributed by atoms with Crippen LogP contribution in [-0.2, 0) is 17.6 Å². The molecule has 0 unspecified atom stereocenters. The van der Waals surface area contributed by atoms with Crippen molar-refractivity contribution < 1.29 is 9.59 Å². The fraction of sp³-hybridized carbons (Fsp3) is 0.154. The Balaban J connectivity index is 1.43. The molecule has 0 saturated heterocycles. The van der Waals surface area contributed by atoms with Gasteiger partial charge >= 0.3 is 0 Å². The van der Waals surface area contributed by atoms with E-state index in [4.69, 9.17) is 0 Å². The van der Waals surface area contributed by atoms with Crippen LogP contribution in [0.25, 0.3) is 5.69 Å². The van der Waals surface area contributed by atoms with Crippen LogP contribution in [-0.4, -0.2) is 26.5 Å². The van der Waals surface area contributed by atoms with Gasteiger partial charge in [-0.15, -0.1) is 0 Å². The minimum Gasteiger partial charge on any atom is -0.326 e. The number of hydrogen-bond donors (Lipinski definition) is 1. The van der Waals surface area contributed by atoms with E-state index in [1.807, 2.05) is 74.6 Å². The molecule has 0 bridgehead atoms. The molecule has 2 aromatic carbocycles. The number of Topliss-reactive ketones (excluding diaryl/α,β-unsaturated/α-hetero) is 1. The zero-order chi connectivity index (χ0) is 22.5. The van der Waals surface area contributed by atoms with Crippen molar-refractivity contribution in [3.05, 3.63) is 107 Å². The molecule has 0 aliphatic rings. The van der Waals surface area contributed by atoms with Crippen LogP contribution in [0.2, 0.25) is 0 Å². The quantitative estimate of drug-likeness (QED) is 0.444. The minimum atomic E-state index is -0.107. The zero-order valence-electron chi connectivity index (χ0n) is 18.1. The van der Waals surface area contributed by atoms with Crippen molar-refractivity contribution in [3.63, 3.8) is 0 Å². The number of hydrogen-bond acceptors (Lipinski definition) is 4. The Bertz CT molecular complexity index is 1260. The van der Waals surface area contributed by atoms with Gasteiger partial charge in [-0.3, -0.25) is 14.6 Å². The van der Waals surface area contributed by atoms with Gasteiger partial charge < -0.3 is 5.32 Å². The Morgan fingerprint density at radius 2 is 1.75 bits per heavy atom. The molecular weight excluding hydrogens is 400 g/mol. The minimum absolute atomic E-state index is 0.0299. The number of rotatable bonds is 7. The van der Waals surface area contributed by atoms with E-state index in [0.717, 1.165) is 33.8 Å². The molecule has 2 aromatic heterocycles. The van der Waals surface area contributed by atoms with E-state index in [1.54, 1.807) is 23.1 Å². The second-order valence-electron chi connectivity index (χ2n) is 7.84. The number of nitrogens with one attached hydrogen (secondary N) is 1. The molecule has 1 amide bonds. The SMILES string of the molecule is Cc1ccc(NC(=O)Cc2cnn(-c3cccc(C(=O)Cc4ccnc(C)c4)c3)c2)cc1. The molecule has 160 valence electrons. The highest BCUT2D eigenvalue weighted by Crippen LogP contribution is 2.15. The van der Waals surface area contributed by atoms with Gasteiger partial charge in [-0.25, -0.2) is 4.68 Å². The van der Waals surface area contributed by atoms with Crippen LogP contribution in [0.5, 0.6) is 0 Å². The Labute approximate surface area is 186 Å². The molecule has 4 rings (SSSR count). The predicted molar refractivity (Wildman–Crippen MR) is 124 cm³/mol. The van der Waals surface area contributed by atoms with Crippen molar-refractivity contribution >= 4 is 17.4 Å². The fourth-order valence-electron chi connectivity index (χ4n) is 3.44. The molecule has 0 radical (unpaired) electrons. The van der Waals surface area contributed by atoms with Crippen LogP contribution < -0.4 is 5.32 Å². The lowest BCUT2D eigenvalue weighted by molar-refractivity contribution is -0.115. The average molecular weight is 425 g/mol. The lowest BCUT2D eigenvalue weighted by Crippen LogP contribution is -2.14. The van der Waals surface area contributed by atoms with Crippen LogP contribution in [0, 0.1) is 13.8 Å². The number of pyridine rings is 1. The second kappa shape index (κ2) is 9.39. The van der Waals surface area contributed by atoms with Gasteiger partial charge in [0.2, 0.25) is 5.91 Å². The van der Waals surface area contributed by atoms with Crippen LogP contribution >= 0.6 is 0 Å². The molecule has 32 heavy (non-hydrogen) atoms. The Kier molecular flexibility index (Phi) is 6.22. The number of amides is 1. The summed E-state index contributed by atoms with van der Waals surface area (Å²) < 4.78 is 1.68. The molecule has 4 aromatic rings. The molecular formula is C26H24N4O2. The standard InChI is InChI=1S/C26H24N4O2/c1-18-6-8-23(9-7-18)29-26(32)14-21-16-28-30(17-21)24-5-3-4-22(15-24)25(31)13-20-10-11-27-19(2)12-20/h3-12,15-17H,13-14H2,1-2H3,(H,29,32). The van der Waals surface area contributed by atoms with Crippen LogP contribution in [0.3, 0.4) is 0 Å². The van der Waals surface area contributed by atoms with E-state index in [0.29, 0.717) is 12.0 Å². The molecule has 2 heterocycles. The van der Waals surface area contributed by atoms with Crippen molar-refractivity contribution in [2.75, 3.05) is 5.32 Å². The van der Waals surface area contributed by atoms with Crippen LogP contribution in [0.4, 0.5) is 5.69 Å². The van der Waals surface area contributed by atoms with E-state index >= 15 is 0 Å². The normalized spacial score (nSPS) is 10.7. The molecule has 6 heteroatoms. The Morgan fingerprint density at radius 3 is 2.53 bits per heavy atom. The first-order chi connectivity index (χ1) is 15.5. The third-order valence-electron chi connectivity index (χ3n) is 5.09. The van der Waals surface area contributed by atoms with E-state index in [2.05, 4.69) is 15.4 Å². The van der Waals surface area contributed by atoms with E-state index in [1.165, 1.54) is 0 Å². The average Bonchev–Trinajstić information content (AvgIpc) is 3.24. The topological polar surface area (TPSA) is 76.9 Å². The third kappa shape index (κ3) is 5.35.